The summed E-state index contributed by atoms with van der Waals surface area (Å²) in [6.45, 7) is 3.39. The first-order valence-electron chi connectivity index (χ1n) is 3.85. The number of carbonyl (C=O) groups excluding carboxylic acids is 1. The third kappa shape index (κ3) is 1.25. The number of piperidine rings is 1. The van der Waals surface area contributed by atoms with Gasteiger partial charge in [0.2, 0.25) is 0 Å². The number of allylic oxidation sites excluding steroid dienone is 2. The van der Waals surface area contributed by atoms with Gasteiger partial charge in [-0.15, -0.1) is 0 Å². The van der Waals surface area contributed by atoms with Crippen molar-refractivity contribution in [3.8, 4) is 0 Å². The lowest BCUT2D eigenvalue weighted by Gasteiger charge is -2.27. The maximum absolute atomic E-state index is 11.2. The smallest absolute Gasteiger partial charge is 0.253 e. The van der Waals surface area contributed by atoms with Gasteiger partial charge in [0.25, 0.3) is 5.91 Å². The molecule has 0 aromatic rings. The number of amides is 1. The number of hydrogen-bond acceptors (Lipinski definition) is 3. The summed E-state index contributed by atoms with van der Waals surface area (Å²) in [5, 5.41) is 17.3. The van der Waals surface area contributed by atoms with Crippen LogP contribution in [0.15, 0.2) is 11.8 Å². The van der Waals surface area contributed by atoms with E-state index in [1.54, 1.807) is 19.9 Å². The Balaban J connectivity index is 2.95. The molecule has 66 valence electrons. The standard InChI is InChI=1S/C8H12N2O2/c1-3-7-6(9)4-5(2)8(11)10(7)12/h3,5,9,12H,4H2,1-2H3/b7-3+,9-6?. The van der Waals surface area contributed by atoms with Crippen molar-refractivity contribution in [2.24, 2.45) is 5.92 Å². The summed E-state index contributed by atoms with van der Waals surface area (Å²) in [6.07, 6.45) is 1.97. The second-order valence-electron chi connectivity index (χ2n) is 2.91. The summed E-state index contributed by atoms with van der Waals surface area (Å²) in [5.41, 5.74) is 0.616. The van der Waals surface area contributed by atoms with Gasteiger partial charge < -0.3 is 5.41 Å². The fourth-order valence-electron chi connectivity index (χ4n) is 1.25. The first-order valence-corrected chi connectivity index (χ1v) is 3.85. The molecule has 0 aliphatic carbocycles. The summed E-state index contributed by atoms with van der Waals surface area (Å²) >= 11 is 0. The molecule has 0 spiro atoms. The van der Waals surface area contributed by atoms with Gasteiger partial charge in [-0.3, -0.25) is 10.0 Å². The van der Waals surface area contributed by atoms with Gasteiger partial charge in [-0.1, -0.05) is 13.0 Å². The SMILES string of the molecule is C/C=C1\C(=N)CC(C)C(=O)N1O. The molecule has 1 unspecified atom stereocenters. The molecular formula is C8H12N2O2. The Kier molecular flexibility index (Phi) is 2.28. The van der Waals surface area contributed by atoms with Crippen LogP contribution < -0.4 is 0 Å². The molecule has 1 heterocycles. The number of hydroxylamine groups is 2. The molecule has 1 aliphatic rings. The molecule has 0 aromatic carbocycles. The number of nitrogens with one attached hydrogen (secondary N) is 1. The highest BCUT2D eigenvalue weighted by atomic mass is 16.5. The fourth-order valence-corrected chi connectivity index (χ4v) is 1.25. The topological polar surface area (TPSA) is 64.4 Å². The van der Waals surface area contributed by atoms with Crippen LogP contribution in [0.1, 0.15) is 20.3 Å². The molecule has 0 aromatic heterocycles. The average Bonchev–Trinajstić information content (AvgIpc) is 2.01. The van der Waals surface area contributed by atoms with Crippen molar-refractivity contribution in [1.29, 1.82) is 5.41 Å². The van der Waals surface area contributed by atoms with Crippen molar-refractivity contribution in [3.05, 3.63) is 11.8 Å². The molecule has 0 saturated carbocycles. The normalized spacial score (nSPS) is 28.4. The minimum Gasteiger partial charge on any atom is -0.303 e. The maximum atomic E-state index is 11.2. The second kappa shape index (κ2) is 3.06. The quantitative estimate of drug-likeness (QED) is 0.533. The van der Waals surface area contributed by atoms with E-state index in [0.29, 0.717) is 22.9 Å². The summed E-state index contributed by atoms with van der Waals surface area (Å²) in [6, 6.07) is 0. The van der Waals surface area contributed by atoms with Crippen molar-refractivity contribution in [2.75, 3.05) is 0 Å². The molecule has 1 fully saturated rings. The van der Waals surface area contributed by atoms with Gasteiger partial charge in [0.1, 0.15) is 0 Å². The average molecular weight is 168 g/mol. The third-order valence-corrected chi connectivity index (χ3v) is 1.95. The Morgan fingerprint density at radius 1 is 1.75 bits per heavy atom. The Bertz CT molecular complexity index is 258. The number of nitrogens with zero attached hydrogens (tertiary/aromatic N) is 1. The first kappa shape index (κ1) is 8.93. The van der Waals surface area contributed by atoms with Crippen LogP contribution in [0.4, 0.5) is 0 Å². The Labute approximate surface area is 71.0 Å². The molecule has 1 atom stereocenters. The van der Waals surface area contributed by atoms with Gasteiger partial charge >= 0.3 is 0 Å². The van der Waals surface area contributed by atoms with E-state index in [1.807, 2.05) is 0 Å². The molecule has 1 amide bonds. The van der Waals surface area contributed by atoms with Crippen LogP contribution in [0.3, 0.4) is 0 Å². The van der Waals surface area contributed by atoms with Gasteiger partial charge in [-0.05, 0) is 6.92 Å². The van der Waals surface area contributed by atoms with Crippen LogP contribution >= 0.6 is 0 Å². The van der Waals surface area contributed by atoms with Crippen molar-refractivity contribution >= 4 is 11.6 Å². The highest BCUT2D eigenvalue weighted by Gasteiger charge is 2.30. The van der Waals surface area contributed by atoms with E-state index < -0.39 is 0 Å². The Morgan fingerprint density at radius 3 is 2.83 bits per heavy atom. The summed E-state index contributed by atoms with van der Waals surface area (Å²) < 4.78 is 0. The first-order chi connectivity index (χ1) is 5.57. The van der Waals surface area contributed by atoms with Gasteiger partial charge in [-0.25, -0.2) is 0 Å². The van der Waals surface area contributed by atoms with Crippen LogP contribution in [0.5, 0.6) is 0 Å². The lowest BCUT2D eigenvalue weighted by Crippen LogP contribution is -2.40. The molecule has 1 saturated heterocycles. The molecule has 2 N–H and O–H groups in total. The predicted octanol–water partition coefficient (Wildman–Crippen LogP) is 1.17. The van der Waals surface area contributed by atoms with Crippen LogP contribution in [0.2, 0.25) is 0 Å². The largest absolute Gasteiger partial charge is 0.303 e. The van der Waals surface area contributed by atoms with Crippen LogP contribution in [-0.4, -0.2) is 21.9 Å². The van der Waals surface area contributed by atoms with Crippen molar-refractivity contribution in [2.45, 2.75) is 20.3 Å². The molecule has 4 heteroatoms. The van der Waals surface area contributed by atoms with Gasteiger partial charge in [0, 0.05) is 12.3 Å². The molecule has 4 nitrogen and oxygen atoms in total. The van der Waals surface area contributed by atoms with E-state index in [-0.39, 0.29) is 11.8 Å². The minimum absolute atomic E-state index is 0.286. The molecule has 12 heavy (non-hydrogen) atoms. The highest BCUT2D eigenvalue weighted by molar-refractivity contribution is 6.05. The molecule has 0 bridgehead atoms. The Hall–Kier alpha value is -1.16. The van der Waals surface area contributed by atoms with Gasteiger partial charge in [0.15, 0.2) is 0 Å². The lowest BCUT2D eigenvalue weighted by atomic mass is 9.96. The van der Waals surface area contributed by atoms with E-state index in [0.717, 1.165) is 0 Å². The zero-order valence-corrected chi connectivity index (χ0v) is 7.16. The molecule has 0 radical (unpaired) electrons. The highest BCUT2D eigenvalue weighted by Crippen LogP contribution is 2.20. The zero-order chi connectivity index (χ0) is 9.30. The van der Waals surface area contributed by atoms with Crippen LogP contribution in [-0.2, 0) is 4.79 Å². The fraction of sp³-hybridized carbons (Fsp3) is 0.500. The summed E-state index contributed by atoms with van der Waals surface area (Å²) in [5.74, 6) is -0.620. The number of hydrogen-bond donors (Lipinski definition) is 2. The monoisotopic (exact) mass is 168 g/mol. The summed E-state index contributed by atoms with van der Waals surface area (Å²) in [4.78, 5) is 11.2. The number of carbonyl (C=O) groups is 1. The molecule has 1 rings (SSSR count). The van der Waals surface area contributed by atoms with E-state index >= 15 is 0 Å². The van der Waals surface area contributed by atoms with Gasteiger partial charge in [0.05, 0.1) is 11.4 Å². The van der Waals surface area contributed by atoms with Crippen molar-refractivity contribution in [1.82, 2.24) is 5.06 Å². The summed E-state index contributed by atoms with van der Waals surface area (Å²) in [7, 11) is 0. The maximum Gasteiger partial charge on any atom is 0.253 e. The molecule has 1 aliphatic heterocycles. The molecular weight excluding hydrogens is 156 g/mol. The number of rotatable bonds is 0. The minimum atomic E-state index is -0.334. The van der Waals surface area contributed by atoms with Crippen molar-refractivity contribution < 1.29 is 10.0 Å². The van der Waals surface area contributed by atoms with Crippen molar-refractivity contribution in [3.63, 3.8) is 0 Å². The van der Waals surface area contributed by atoms with Crippen LogP contribution in [0, 0.1) is 11.3 Å². The van der Waals surface area contributed by atoms with Crippen LogP contribution in [0.25, 0.3) is 0 Å². The second-order valence-corrected chi connectivity index (χ2v) is 2.91. The Morgan fingerprint density at radius 2 is 2.33 bits per heavy atom. The third-order valence-electron chi connectivity index (χ3n) is 1.95. The van der Waals surface area contributed by atoms with Gasteiger partial charge in [-0.2, -0.15) is 5.06 Å². The van der Waals surface area contributed by atoms with E-state index in [9.17, 15) is 10.0 Å². The van der Waals surface area contributed by atoms with E-state index in [4.69, 9.17) is 5.41 Å². The zero-order valence-electron chi connectivity index (χ0n) is 7.16. The van der Waals surface area contributed by atoms with E-state index in [2.05, 4.69) is 0 Å². The lowest BCUT2D eigenvalue weighted by molar-refractivity contribution is -0.161. The predicted molar refractivity (Wildman–Crippen MR) is 43.9 cm³/mol. The van der Waals surface area contributed by atoms with E-state index in [1.165, 1.54) is 0 Å².